The maximum atomic E-state index is 9.75. The predicted molar refractivity (Wildman–Crippen MR) is 65.9 cm³/mol. The van der Waals surface area contributed by atoms with Gasteiger partial charge in [-0.15, -0.1) is 0 Å². The summed E-state index contributed by atoms with van der Waals surface area (Å²) in [6.45, 7) is 4.48. The highest BCUT2D eigenvalue weighted by Gasteiger charge is 1.85. The van der Waals surface area contributed by atoms with Crippen LogP contribution in [0.15, 0.2) is 61.4 Å². The van der Waals surface area contributed by atoms with Crippen LogP contribution in [0.3, 0.4) is 0 Å². The molecule has 0 aliphatic carbocycles. The average molecular weight is 214 g/mol. The van der Waals surface area contributed by atoms with E-state index in [0.29, 0.717) is 0 Å². The Morgan fingerprint density at radius 3 is 1.62 bits per heavy atom. The lowest BCUT2D eigenvalue weighted by atomic mass is 10.1. The van der Waals surface area contributed by atoms with Crippen LogP contribution in [0.5, 0.6) is 0 Å². The molecule has 0 fully saturated rings. The van der Waals surface area contributed by atoms with Gasteiger partial charge in [-0.3, -0.25) is 4.79 Å². The minimum atomic E-state index is -0.329. The first kappa shape index (κ1) is 12.0. The lowest BCUT2D eigenvalue weighted by molar-refractivity contribution is -0.135. The SMILES string of the molecule is C=COC(C)=O.c1ccc2ccccc2c1. The van der Waals surface area contributed by atoms with Crippen molar-refractivity contribution < 1.29 is 9.53 Å². The first-order chi connectivity index (χ1) is 7.74. The van der Waals surface area contributed by atoms with E-state index < -0.39 is 0 Å². The van der Waals surface area contributed by atoms with Gasteiger partial charge in [-0.2, -0.15) is 0 Å². The Bertz CT molecular complexity index is 409. The summed E-state index contributed by atoms with van der Waals surface area (Å²) in [5.74, 6) is -0.329. The minimum Gasteiger partial charge on any atom is -0.435 e. The lowest BCUT2D eigenvalue weighted by Gasteiger charge is -1.92. The van der Waals surface area contributed by atoms with Gasteiger partial charge in [-0.25, -0.2) is 0 Å². The van der Waals surface area contributed by atoms with Crippen molar-refractivity contribution in [1.29, 1.82) is 0 Å². The van der Waals surface area contributed by atoms with Crippen molar-refractivity contribution in [2.75, 3.05) is 0 Å². The fourth-order valence-corrected chi connectivity index (χ4v) is 1.25. The van der Waals surface area contributed by atoms with E-state index in [1.165, 1.54) is 17.7 Å². The molecule has 0 saturated carbocycles. The standard InChI is InChI=1S/C10H8.C4H6O2/c1-2-6-10-8-4-3-7-9(10)5-1;1-3-6-4(2)5/h1-8H;3H,1H2,2H3. The molecule has 2 heteroatoms. The largest absolute Gasteiger partial charge is 0.435 e. The smallest absolute Gasteiger partial charge is 0.307 e. The highest BCUT2D eigenvalue weighted by molar-refractivity contribution is 5.81. The zero-order valence-corrected chi connectivity index (χ0v) is 9.22. The molecule has 0 aliphatic heterocycles. The van der Waals surface area contributed by atoms with Gasteiger partial charge < -0.3 is 4.74 Å². The number of carbonyl (C=O) groups excluding carboxylic acids is 1. The summed E-state index contributed by atoms with van der Waals surface area (Å²) >= 11 is 0. The summed E-state index contributed by atoms with van der Waals surface area (Å²) in [5, 5.41) is 2.62. The molecular weight excluding hydrogens is 200 g/mol. The second-order valence-electron chi connectivity index (χ2n) is 3.12. The third kappa shape index (κ3) is 3.96. The molecule has 16 heavy (non-hydrogen) atoms. The van der Waals surface area contributed by atoms with E-state index in [0.717, 1.165) is 6.26 Å². The topological polar surface area (TPSA) is 26.3 Å². The van der Waals surface area contributed by atoms with Crippen LogP contribution in [0.25, 0.3) is 10.8 Å². The summed E-state index contributed by atoms with van der Waals surface area (Å²) in [6, 6.07) is 16.7. The Labute approximate surface area is 95.2 Å². The molecular formula is C14H14O2. The molecule has 0 spiro atoms. The van der Waals surface area contributed by atoms with Crippen LogP contribution in [-0.4, -0.2) is 5.97 Å². The van der Waals surface area contributed by atoms with E-state index >= 15 is 0 Å². The molecule has 0 heterocycles. The fraction of sp³-hybridized carbons (Fsp3) is 0.0714. The number of rotatable bonds is 1. The third-order valence-corrected chi connectivity index (χ3v) is 1.91. The molecule has 0 amide bonds. The highest BCUT2D eigenvalue weighted by Crippen LogP contribution is 2.11. The molecule has 2 aromatic carbocycles. The molecule has 0 unspecified atom stereocenters. The zero-order chi connectivity index (χ0) is 11.8. The Morgan fingerprint density at radius 2 is 1.44 bits per heavy atom. The molecule has 0 atom stereocenters. The van der Waals surface area contributed by atoms with Gasteiger partial charge in [0.2, 0.25) is 0 Å². The molecule has 0 N–H and O–H groups in total. The second-order valence-corrected chi connectivity index (χ2v) is 3.12. The number of benzene rings is 2. The summed E-state index contributed by atoms with van der Waals surface area (Å²) in [5.41, 5.74) is 0. The summed E-state index contributed by atoms with van der Waals surface area (Å²) in [6.07, 6.45) is 1.10. The minimum absolute atomic E-state index is 0.329. The molecule has 0 aromatic heterocycles. The second kappa shape index (κ2) is 6.40. The van der Waals surface area contributed by atoms with Crippen molar-refractivity contribution in [3.63, 3.8) is 0 Å². The van der Waals surface area contributed by atoms with Crippen molar-refractivity contribution in [2.45, 2.75) is 6.92 Å². The van der Waals surface area contributed by atoms with Crippen LogP contribution in [0, 0.1) is 0 Å². The van der Waals surface area contributed by atoms with E-state index in [9.17, 15) is 4.79 Å². The zero-order valence-electron chi connectivity index (χ0n) is 9.22. The van der Waals surface area contributed by atoms with Gasteiger partial charge in [0.25, 0.3) is 0 Å². The van der Waals surface area contributed by atoms with E-state index in [1.807, 2.05) is 0 Å². The van der Waals surface area contributed by atoms with Crippen molar-refractivity contribution in [2.24, 2.45) is 0 Å². The van der Waals surface area contributed by atoms with E-state index in [4.69, 9.17) is 0 Å². The van der Waals surface area contributed by atoms with Gasteiger partial charge in [0.15, 0.2) is 0 Å². The van der Waals surface area contributed by atoms with E-state index in [-0.39, 0.29) is 5.97 Å². The average Bonchev–Trinajstić information content (AvgIpc) is 2.30. The van der Waals surface area contributed by atoms with E-state index in [2.05, 4.69) is 59.8 Å². The quantitative estimate of drug-likeness (QED) is 0.536. The van der Waals surface area contributed by atoms with Crippen LogP contribution >= 0.6 is 0 Å². The molecule has 82 valence electrons. The van der Waals surface area contributed by atoms with Crippen LogP contribution in [0.4, 0.5) is 0 Å². The summed E-state index contributed by atoms with van der Waals surface area (Å²) < 4.78 is 4.17. The molecule has 0 aliphatic rings. The monoisotopic (exact) mass is 214 g/mol. The Kier molecular flexibility index (Phi) is 4.80. The molecule has 0 radical (unpaired) electrons. The van der Waals surface area contributed by atoms with Gasteiger partial charge >= 0.3 is 5.97 Å². The maximum Gasteiger partial charge on any atom is 0.307 e. The van der Waals surface area contributed by atoms with Crippen LogP contribution in [-0.2, 0) is 9.53 Å². The van der Waals surface area contributed by atoms with Gasteiger partial charge in [0.1, 0.15) is 0 Å². The van der Waals surface area contributed by atoms with Gasteiger partial charge in [-0.05, 0) is 10.8 Å². The fourth-order valence-electron chi connectivity index (χ4n) is 1.25. The van der Waals surface area contributed by atoms with Crippen LogP contribution in [0.2, 0.25) is 0 Å². The molecule has 2 nitrogen and oxygen atoms in total. The first-order valence-corrected chi connectivity index (χ1v) is 4.96. The Balaban J connectivity index is 0.000000187. The Hall–Kier alpha value is -2.09. The molecule has 0 bridgehead atoms. The first-order valence-electron chi connectivity index (χ1n) is 4.96. The number of ether oxygens (including phenoxy) is 1. The number of carbonyl (C=O) groups is 1. The Morgan fingerprint density at radius 1 is 1.06 bits per heavy atom. The number of esters is 1. The van der Waals surface area contributed by atoms with E-state index in [1.54, 1.807) is 0 Å². The van der Waals surface area contributed by atoms with Crippen LogP contribution < -0.4 is 0 Å². The summed E-state index contributed by atoms with van der Waals surface area (Å²) in [4.78, 5) is 9.75. The molecule has 2 aromatic rings. The normalized spacial score (nSPS) is 8.81. The van der Waals surface area contributed by atoms with Gasteiger partial charge in [0.05, 0.1) is 6.26 Å². The third-order valence-electron chi connectivity index (χ3n) is 1.91. The molecule has 2 rings (SSSR count). The lowest BCUT2D eigenvalue weighted by Crippen LogP contribution is -1.87. The van der Waals surface area contributed by atoms with Crippen molar-refractivity contribution in [1.82, 2.24) is 0 Å². The highest BCUT2D eigenvalue weighted by atomic mass is 16.5. The summed E-state index contributed by atoms with van der Waals surface area (Å²) in [7, 11) is 0. The number of hydrogen-bond donors (Lipinski definition) is 0. The van der Waals surface area contributed by atoms with Gasteiger partial charge in [-0.1, -0.05) is 55.1 Å². The van der Waals surface area contributed by atoms with Crippen molar-refractivity contribution >= 4 is 16.7 Å². The molecule has 0 saturated heterocycles. The predicted octanol–water partition coefficient (Wildman–Crippen LogP) is 3.53. The van der Waals surface area contributed by atoms with Gasteiger partial charge in [0, 0.05) is 6.92 Å². The number of fused-ring (bicyclic) bond motifs is 1. The van der Waals surface area contributed by atoms with Crippen LogP contribution in [0.1, 0.15) is 6.92 Å². The van der Waals surface area contributed by atoms with Crippen molar-refractivity contribution in [3.05, 3.63) is 61.4 Å². The maximum absolute atomic E-state index is 9.75. The van der Waals surface area contributed by atoms with Crippen molar-refractivity contribution in [3.8, 4) is 0 Å². The number of hydrogen-bond acceptors (Lipinski definition) is 2.